The van der Waals surface area contributed by atoms with Crippen LogP contribution in [0.2, 0.25) is 0 Å². The summed E-state index contributed by atoms with van der Waals surface area (Å²) in [4.78, 5) is 12.5. The second kappa shape index (κ2) is 8.22. The molecule has 1 aliphatic rings. The number of halogens is 3. The van der Waals surface area contributed by atoms with E-state index in [0.29, 0.717) is 24.1 Å². The number of aliphatic hydroxyl groups excluding tert-OH is 1. The molecule has 1 aromatic heterocycles. The minimum absolute atomic E-state index is 0.114. The second-order valence-electron chi connectivity index (χ2n) is 6.41. The molecular weight excluding hydrogens is 351 g/mol. The van der Waals surface area contributed by atoms with Gasteiger partial charge in [0.2, 0.25) is 5.60 Å². The van der Waals surface area contributed by atoms with Crippen molar-refractivity contribution in [3.05, 3.63) is 29.1 Å². The average molecular weight is 375 g/mol. The molecular formula is C17H24F3N3O3. The van der Waals surface area contributed by atoms with Crippen molar-refractivity contribution < 1.29 is 27.8 Å². The zero-order chi connectivity index (χ0) is 19.4. The Morgan fingerprint density at radius 3 is 2.85 bits per heavy atom. The van der Waals surface area contributed by atoms with Gasteiger partial charge in [0.15, 0.2) is 0 Å². The number of nitrogens with one attached hydrogen (secondary N) is 1. The number of rotatable bonds is 5. The van der Waals surface area contributed by atoms with Gasteiger partial charge in [0.1, 0.15) is 0 Å². The molecule has 1 aliphatic heterocycles. The van der Waals surface area contributed by atoms with E-state index in [1.165, 1.54) is 0 Å². The van der Waals surface area contributed by atoms with Gasteiger partial charge in [-0.25, -0.2) is 0 Å². The lowest BCUT2D eigenvalue weighted by Crippen LogP contribution is -2.58. The first-order valence-electron chi connectivity index (χ1n) is 8.47. The largest absolute Gasteiger partial charge is 0.426 e. The highest BCUT2D eigenvalue weighted by Crippen LogP contribution is 2.41. The summed E-state index contributed by atoms with van der Waals surface area (Å²) in [5.41, 5.74) is -1.15. The molecule has 0 bridgehead atoms. The second-order valence-corrected chi connectivity index (χ2v) is 6.41. The van der Waals surface area contributed by atoms with Crippen LogP contribution in [-0.4, -0.2) is 45.8 Å². The molecule has 6 nitrogen and oxygen atoms in total. The first-order chi connectivity index (χ1) is 12.2. The van der Waals surface area contributed by atoms with Crippen molar-refractivity contribution in [1.29, 1.82) is 0 Å². The van der Waals surface area contributed by atoms with Crippen LogP contribution < -0.4 is 5.32 Å². The Bertz CT molecular complexity index is 650. The van der Waals surface area contributed by atoms with Gasteiger partial charge in [-0.1, -0.05) is 11.6 Å². The highest BCUT2D eigenvalue weighted by molar-refractivity contribution is 5.86. The minimum Gasteiger partial charge on any atom is -0.396 e. The van der Waals surface area contributed by atoms with E-state index >= 15 is 0 Å². The van der Waals surface area contributed by atoms with E-state index in [0.717, 1.165) is 5.69 Å². The molecule has 0 spiro atoms. The molecule has 1 unspecified atom stereocenters. The maximum Gasteiger partial charge on any atom is 0.426 e. The number of aromatic nitrogens is 2. The SMILES string of the molecule is Cc1cc(CNC(=O)C2(C(F)(F)F)C/C(=C\CCO)CCCO2)nn1C. The summed E-state index contributed by atoms with van der Waals surface area (Å²) in [6.07, 6.45) is -2.82. The summed E-state index contributed by atoms with van der Waals surface area (Å²) in [6.45, 7) is 1.38. The molecule has 1 amide bonds. The number of amides is 1. The van der Waals surface area contributed by atoms with Gasteiger partial charge in [0.25, 0.3) is 5.91 Å². The van der Waals surface area contributed by atoms with Crippen LogP contribution in [-0.2, 0) is 23.1 Å². The van der Waals surface area contributed by atoms with Crippen molar-refractivity contribution in [2.45, 2.75) is 50.9 Å². The van der Waals surface area contributed by atoms with Gasteiger partial charge in [-0.05, 0) is 32.3 Å². The van der Waals surface area contributed by atoms with Crippen LogP contribution in [0.1, 0.15) is 37.1 Å². The zero-order valence-electron chi connectivity index (χ0n) is 14.9. The van der Waals surface area contributed by atoms with E-state index in [2.05, 4.69) is 10.4 Å². The summed E-state index contributed by atoms with van der Waals surface area (Å²) >= 11 is 0. The maximum atomic E-state index is 13.8. The lowest BCUT2D eigenvalue weighted by Gasteiger charge is -2.33. The van der Waals surface area contributed by atoms with Crippen molar-refractivity contribution in [3.8, 4) is 0 Å². The molecule has 2 heterocycles. The van der Waals surface area contributed by atoms with Crippen LogP contribution in [0.3, 0.4) is 0 Å². The fraction of sp³-hybridized carbons (Fsp3) is 0.647. The number of ether oxygens (including phenoxy) is 1. The number of alkyl halides is 3. The first-order valence-corrected chi connectivity index (χ1v) is 8.47. The van der Waals surface area contributed by atoms with Gasteiger partial charge in [-0.2, -0.15) is 18.3 Å². The fourth-order valence-electron chi connectivity index (χ4n) is 2.94. The fourth-order valence-corrected chi connectivity index (χ4v) is 2.94. The monoisotopic (exact) mass is 375 g/mol. The van der Waals surface area contributed by atoms with Crippen LogP contribution in [0.25, 0.3) is 0 Å². The number of hydrogen-bond acceptors (Lipinski definition) is 4. The number of carbonyl (C=O) groups is 1. The van der Waals surface area contributed by atoms with Gasteiger partial charge in [-0.15, -0.1) is 0 Å². The lowest BCUT2D eigenvalue weighted by molar-refractivity contribution is -0.265. The van der Waals surface area contributed by atoms with E-state index in [4.69, 9.17) is 9.84 Å². The molecule has 1 atom stereocenters. The quantitative estimate of drug-likeness (QED) is 0.774. The number of nitrogens with zero attached hydrogens (tertiary/aromatic N) is 2. The Hall–Kier alpha value is -1.87. The van der Waals surface area contributed by atoms with Gasteiger partial charge in [0, 0.05) is 32.4 Å². The molecule has 0 saturated carbocycles. The summed E-state index contributed by atoms with van der Waals surface area (Å²) in [5, 5.41) is 15.4. The highest BCUT2D eigenvalue weighted by Gasteiger charge is 2.62. The van der Waals surface area contributed by atoms with E-state index in [1.54, 1.807) is 23.9 Å². The van der Waals surface area contributed by atoms with Crippen molar-refractivity contribution in [3.63, 3.8) is 0 Å². The van der Waals surface area contributed by atoms with Crippen LogP contribution in [0.5, 0.6) is 0 Å². The summed E-state index contributed by atoms with van der Waals surface area (Å²) < 4.78 is 48.2. The highest BCUT2D eigenvalue weighted by atomic mass is 19.4. The van der Waals surface area contributed by atoms with Crippen molar-refractivity contribution >= 4 is 5.91 Å². The Balaban J connectivity index is 2.22. The molecule has 2 N–H and O–H groups in total. The van der Waals surface area contributed by atoms with Crippen molar-refractivity contribution in [2.75, 3.05) is 13.2 Å². The molecule has 2 rings (SSSR count). The Kier molecular flexibility index (Phi) is 6.46. The molecule has 146 valence electrons. The third kappa shape index (κ3) is 4.45. The molecule has 0 radical (unpaired) electrons. The molecule has 0 aromatic carbocycles. The van der Waals surface area contributed by atoms with Gasteiger partial charge >= 0.3 is 6.18 Å². The molecule has 1 saturated heterocycles. The number of aliphatic hydroxyl groups is 1. The van der Waals surface area contributed by atoms with Crippen LogP contribution in [0.15, 0.2) is 17.7 Å². The van der Waals surface area contributed by atoms with Crippen molar-refractivity contribution in [2.24, 2.45) is 7.05 Å². The maximum absolute atomic E-state index is 13.8. The van der Waals surface area contributed by atoms with Crippen molar-refractivity contribution in [1.82, 2.24) is 15.1 Å². The average Bonchev–Trinajstić information content (AvgIpc) is 2.76. The smallest absolute Gasteiger partial charge is 0.396 e. The predicted octanol–water partition coefficient (Wildman–Crippen LogP) is 2.16. The minimum atomic E-state index is -4.86. The standard InChI is InChI=1S/C17H24F3N3O3/c1-12-9-14(22-23(12)2)11-21-15(25)16(17(18,19)20)10-13(5-3-7-24)6-4-8-26-16/h5,9,24H,3-4,6-8,10-11H2,1-2H3,(H,21,25)/b13-5-. The van der Waals surface area contributed by atoms with Crippen LogP contribution in [0.4, 0.5) is 13.2 Å². The summed E-state index contributed by atoms with van der Waals surface area (Å²) in [5.74, 6) is -1.22. The normalized spacial score (nSPS) is 23.1. The topological polar surface area (TPSA) is 76.4 Å². The Labute approximate surface area is 150 Å². The van der Waals surface area contributed by atoms with Crippen LogP contribution >= 0.6 is 0 Å². The summed E-state index contributed by atoms with van der Waals surface area (Å²) in [6, 6.07) is 1.70. The van der Waals surface area contributed by atoms with Gasteiger partial charge in [-0.3, -0.25) is 9.48 Å². The van der Waals surface area contributed by atoms with Gasteiger partial charge < -0.3 is 15.2 Å². The third-order valence-electron chi connectivity index (χ3n) is 4.45. The molecule has 26 heavy (non-hydrogen) atoms. The van der Waals surface area contributed by atoms with Crippen LogP contribution in [0, 0.1) is 6.92 Å². The molecule has 1 fully saturated rings. The van der Waals surface area contributed by atoms with E-state index in [1.807, 2.05) is 6.92 Å². The number of hydrogen-bond donors (Lipinski definition) is 2. The molecule has 0 aliphatic carbocycles. The Morgan fingerprint density at radius 1 is 1.54 bits per heavy atom. The third-order valence-corrected chi connectivity index (χ3v) is 4.45. The zero-order valence-corrected chi connectivity index (χ0v) is 14.9. The molecule has 9 heteroatoms. The van der Waals surface area contributed by atoms with E-state index in [9.17, 15) is 18.0 Å². The van der Waals surface area contributed by atoms with E-state index in [-0.39, 0.29) is 26.2 Å². The van der Waals surface area contributed by atoms with Gasteiger partial charge in [0.05, 0.1) is 12.2 Å². The first kappa shape index (κ1) is 20.4. The number of aryl methyl sites for hydroxylation is 2. The van der Waals surface area contributed by atoms with E-state index < -0.39 is 24.1 Å². The lowest BCUT2D eigenvalue weighted by atomic mass is 9.90. The summed E-state index contributed by atoms with van der Waals surface area (Å²) in [7, 11) is 1.71. The predicted molar refractivity (Wildman–Crippen MR) is 88.2 cm³/mol. The number of carbonyl (C=O) groups excluding carboxylic acids is 1. The molecule has 1 aromatic rings. The Morgan fingerprint density at radius 2 is 2.27 bits per heavy atom.